The van der Waals surface area contributed by atoms with E-state index in [1.807, 2.05) is 107 Å². The summed E-state index contributed by atoms with van der Waals surface area (Å²) in [4.78, 5) is 54.7. The van der Waals surface area contributed by atoms with Crippen molar-refractivity contribution >= 4 is 23.8 Å². The van der Waals surface area contributed by atoms with Crippen molar-refractivity contribution in [1.29, 1.82) is 0 Å². The molecule has 9 atom stereocenters. The summed E-state index contributed by atoms with van der Waals surface area (Å²) in [6, 6.07) is 21.4. The van der Waals surface area contributed by atoms with Gasteiger partial charge < -0.3 is 55.5 Å². The number of benzene rings is 3. The Kier molecular flexibility index (Phi) is 15.6. The van der Waals surface area contributed by atoms with Crippen LogP contribution in [0.25, 0.3) is 0 Å². The van der Waals surface area contributed by atoms with Crippen molar-refractivity contribution < 1.29 is 53.8 Å². The number of aliphatic hydroxyl groups excluding tert-OH is 3. The van der Waals surface area contributed by atoms with Gasteiger partial charge in [0.2, 0.25) is 5.91 Å². The van der Waals surface area contributed by atoms with Crippen LogP contribution >= 0.6 is 0 Å². The zero-order valence-corrected chi connectivity index (χ0v) is 33.3. The number of carbonyl (C=O) groups is 4. The smallest absolute Gasteiger partial charge is 0.335 e. The Balaban J connectivity index is 1.52. The Bertz CT molecular complexity index is 1810. The fraction of sp³-hybridized carbons (Fsp3) is 0.488. The van der Waals surface area contributed by atoms with Gasteiger partial charge in [-0.15, -0.1) is 0 Å². The molecule has 0 aliphatic carbocycles. The number of carbonyl (C=O) groups excluding carboxylic acids is 3. The Hall–Kier alpha value is -5.06. The zero-order valence-electron chi connectivity index (χ0n) is 33.3. The summed E-state index contributed by atoms with van der Waals surface area (Å²) in [5.41, 5.74) is 3.33. The summed E-state index contributed by atoms with van der Waals surface area (Å²) in [5, 5.41) is 51.1. The normalized spacial score (nSPS) is 22.9. The predicted octanol–water partition coefficient (Wildman–Crippen LogP) is 2.24. The lowest BCUT2D eigenvalue weighted by molar-refractivity contribution is -0.306. The second kappa shape index (κ2) is 20.6. The van der Waals surface area contributed by atoms with Crippen LogP contribution in [0.1, 0.15) is 48.9 Å². The first kappa shape index (κ1) is 44.1. The number of carboxylic acid groups (broad SMARTS) is 1. The molecule has 15 heteroatoms. The van der Waals surface area contributed by atoms with Gasteiger partial charge in [0.05, 0.1) is 12.1 Å². The number of hydrogen-bond donors (Lipinski definition) is 7. The second-order valence-corrected chi connectivity index (χ2v) is 15.4. The van der Waals surface area contributed by atoms with Crippen LogP contribution in [-0.2, 0) is 36.7 Å². The molecular formula is C43H56N4O11. The third-order valence-electron chi connectivity index (χ3n) is 10.5. The minimum atomic E-state index is -1.96. The number of para-hydroxylation sites is 1. The number of rotatable bonds is 18. The number of nitrogens with one attached hydrogen (secondary N) is 3. The number of carboxylic acids is 1. The van der Waals surface area contributed by atoms with E-state index in [0.717, 1.165) is 22.3 Å². The topological polar surface area (TPSA) is 216 Å². The van der Waals surface area contributed by atoms with Gasteiger partial charge in [0, 0.05) is 19.1 Å². The Morgan fingerprint density at radius 2 is 1.48 bits per heavy atom. The molecule has 0 aromatic heterocycles. The maximum absolute atomic E-state index is 14.3. The van der Waals surface area contributed by atoms with Gasteiger partial charge in [0.15, 0.2) is 19.0 Å². The highest BCUT2D eigenvalue weighted by Gasteiger charge is 2.49. The van der Waals surface area contributed by atoms with E-state index in [1.165, 1.54) is 4.90 Å². The fourth-order valence-electron chi connectivity index (χ4n) is 7.58. The van der Waals surface area contributed by atoms with E-state index in [9.17, 15) is 39.6 Å². The van der Waals surface area contributed by atoms with Gasteiger partial charge in [-0.2, -0.15) is 0 Å². The maximum Gasteiger partial charge on any atom is 0.335 e. The minimum absolute atomic E-state index is 0.0316. The molecule has 7 N–H and O–H groups in total. The molecule has 0 unspecified atom stereocenters. The molecule has 0 spiro atoms. The van der Waals surface area contributed by atoms with Gasteiger partial charge in [-0.25, -0.2) is 9.59 Å². The highest BCUT2D eigenvalue weighted by atomic mass is 16.7. The molecule has 0 bridgehead atoms. The number of aliphatic hydroxyl groups is 3. The number of hydrogen-bond acceptors (Lipinski definition) is 10. The first-order chi connectivity index (χ1) is 27.7. The van der Waals surface area contributed by atoms with Crippen LogP contribution in [0, 0.1) is 19.8 Å². The van der Waals surface area contributed by atoms with E-state index < -0.39 is 72.7 Å². The van der Waals surface area contributed by atoms with Crippen LogP contribution in [0.15, 0.2) is 78.9 Å². The number of amides is 4. The lowest BCUT2D eigenvalue weighted by Crippen LogP contribution is -2.62. The molecule has 0 radical (unpaired) electrons. The van der Waals surface area contributed by atoms with E-state index in [0.29, 0.717) is 25.3 Å². The second-order valence-electron chi connectivity index (χ2n) is 15.4. The summed E-state index contributed by atoms with van der Waals surface area (Å²) < 4.78 is 18.0. The van der Waals surface area contributed by atoms with Crippen molar-refractivity contribution in [2.24, 2.45) is 5.92 Å². The van der Waals surface area contributed by atoms with Gasteiger partial charge >= 0.3 is 12.0 Å². The average Bonchev–Trinajstić information content (AvgIpc) is 3.18. The molecule has 2 fully saturated rings. The lowest BCUT2D eigenvalue weighted by Gasteiger charge is -2.42. The van der Waals surface area contributed by atoms with Gasteiger partial charge in [-0.1, -0.05) is 92.7 Å². The maximum atomic E-state index is 14.3. The fourth-order valence-corrected chi connectivity index (χ4v) is 7.58. The van der Waals surface area contributed by atoms with Gasteiger partial charge in [0.1, 0.15) is 30.1 Å². The van der Waals surface area contributed by atoms with Crippen molar-refractivity contribution in [2.45, 2.75) is 108 Å². The molecule has 3 aromatic carbocycles. The van der Waals surface area contributed by atoms with Crippen LogP contribution in [-0.4, -0.2) is 124 Å². The lowest BCUT2D eigenvalue weighted by atomic mass is 9.92. The molecule has 58 heavy (non-hydrogen) atoms. The number of nitrogens with zero attached hydrogens (tertiary/aromatic N) is 1. The van der Waals surface area contributed by atoms with Crippen molar-refractivity contribution in [3.8, 4) is 5.75 Å². The molecule has 2 heterocycles. The summed E-state index contributed by atoms with van der Waals surface area (Å²) in [6.07, 6.45) is -9.57. The third-order valence-corrected chi connectivity index (χ3v) is 10.5. The highest BCUT2D eigenvalue weighted by molar-refractivity contribution is 5.88. The molecule has 15 nitrogen and oxygen atoms in total. The van der Waals surface area contributed by atoms with Crippen molar-refractivity contribution in [2.75, 3.05) is 19.7 Å². The van der Waals surface area contributed by atoms with Crippen molar-refractivity contribution in [1.82, 2.24) is 20.9 Å². The SMILES string of the molecule is Cc1cccc(C)c1OCC(=O)N[C@@H](Cc1ccccc1)[C@H](C[C@H](Cc1ccccc1)NC(=O)[C@H](C(C)C)N1CCCNC1=O)O[C@H]1O[C@@H](C(=O)O)[C@H](O)[C@@H](O)[C@@H]1O. The number of ether oxygens (including phenoxy) is 3. The van der Waals surface area contributed by atoms with E-state index in [4.69, 9.17) is 14.2 Å². The zero-order chi connectivity index (χ0) is 41.9. The Morgan fingerprint density at radius 1 is 0.862 bits per heavy atom. The van der Waals surface area contributed by atoms with Crippen LogP contribution < -0.4 is 20.7 Å². The summed E-state index contributed by atoms with van der Waals surface area (Å²) in [5.74, 6) is -2.21. The van der Waals surface area contributed by atoms with Gasteiger partial charge in [-0.05, 0) is 67.7 Å². The Morgan fingerprint density at radius 3 is 2.07 bits per heavy atom. The number of aliphatic carboxylic acids is 1. The third kappa shape index (κ3) is 11.5. The van der Waals surface area contributed by atoms with Crippen molar-refractivity contribution in [3.05, 3.63) is 101 Å². The van der Waals surface area contributed by atoms with E-state index >= 15 is 0 Å². The van der Waals surface area contributed by atoms with Crippen LogP contribution in [0.2, 0.25) is 0 Å². The quantitative estimate of drug-likeness (QED) is 0.0990. The van der Waals surface area contributed by atoms with E-state index in [1.54, 1.807) is 0 Å². The molecule has 2 aliphatic heterocycles. The summed E-state index contributed by atoms with van der Waals surface area (Å²) >= 11 is 0. The highest BCUT2D eigenvalue weighted by Crippen LogP contribution is 2.28. The van der Waals surface area contributed by atoms with Crippen LogP contribution in [0.3, 0.4) is 0 Å². The van der Waals surface area contributed by atoms with Crippen LogP contribution in [0.5, 0.6) is 5.75 Å². The molecule has 3 aromatic rings. The first-order valence-corrected chi connectivity index (χ1v) is 19.7. The number of urea groups is 1. The van der Waals surface area contributed by atoms with E-state index in [-0.39, 0.29) is 37.8 Å². The largest absolute Gasteiger partial charge is 0.483 e. The molecule has 4 amide bonds. The molecule has 5 rings (SSSR count). The summed E-state index contributed by atoms with van der Waals surface area (Å²) in [7, 11) is 0. The van der Waals surface area contributed by atoms with E-state index in [2.05, 4.69) is 16.0 Å². The molecule has 314 valence electrons. The molecule has 0 saturated carbocycles. The minimum Gasteiger partial charge on any atom is -0.483 e. The van der Waals surface area contributed by atoms with Gasteiger partial charge in [0.25, 0.3) is 5.91 Å². The Labute approximate surface area is 338 Å². The molecular weight excluding hydrogens is 748 g/mol. The average molecular weight is 805 g/mol. The first-order valence-electron chi connectivity index (χ1n) is 19.7. The van der Waals surface area contributed by atoms with Crippen molar-refractivity contribution in [3.63, 3.8) is 0 Å². The standard InChI is InChI=1S/C43H56N4O11/c1-25(2)34(47-20-12-19-44-43(47)55)40(52)45-30(21-28-15-7-5-8-16-28)23-32(57-42-37(51)35(49)36(50)39(58-42)41(53)54)31(22-29-17-9-6-10-18-29)46-33(48)24-56-38-26(3)13-11-14-27(38)4/h5-11,13-18,25,30-32,34-37,39,42,49-51H,12,19-24H2,1-4H3,(H,44,55)(H,45,52)(H,46,48)(H,53,54)/t30-,31-,32-,34-,35+,36+,37-,39+,42-/m0/s1. The predicted molar refractivity (Wildman–Crippen MR) is 213 cm³/mol. The van der Waals surface area contributed by atoms with Crippen LogP contribution in [0.4, 0.5) is 4.79 Å². The molecule has 2 aliphatic rings. The van der Waals surface area contributed by atoms with Gasteiger partial charge in [-0.3, -0.25) is 9.59 Å². The number of aryl methyl sites for hydroxylation is 2. The summed E-state index contributed by atoms with van der Waals surface area (Å²) in [6.45, 7) is 7.99. The molecule has 2 saturated heterocycles. The monoisotopic (exact) mass is 804 g/mol.